The SMILES string of the molecule is C=C1CCC(Cc2ccc(C(C)(C)C)nc2)C(=O)N1.C=C1CCC(N(C)c2ccc(C(C)(C)C)nc2)C(=O)N1.C=C1CCC(Nc2ccc(C(C)(C)C)cn2)C(=O)N1.C=C1CCC(Oc2ccc(C(C)(C)C)nc2)C(=O)N1.C=C1CCC(n2ccc3ccc(C(C)(C)C)cc3c2=O)C(=O)N1.C=C1CCN(N2C(=O)c3ccc(C(C)(C)C)cc3C2=O)C(=O)N1.C=C1CCN(N2C(=O)c3cccc(C(C)(C)C)c3C2=O)C(=O)N1. The molecule has 9 aliphatic rings. The number of pyridine rings is 5. The van der Waals surface area contributed by atoms with Gasteiger partial charge in [-0.2, -0.15) is 10.0 Å². The van der Waals surface area contributed by atoms with Crippen molar-refractivity contribution < 1.29 is 57.5 Å². The van der Waals surface area contributed by atoms with Crippen molar-refractivity contribution in [2.24, 2.45) is 5.92 Å². The molecule has 774 valence electrons. The van der Waals surface area contributed by atoms with Gasteiger partial charge in [0.25, 0.3) is 35.1 Å². The van der Waals surface area contributed by atoms with Crippen LogP contribution in [0, 0.1) is 5.92 Å². The Bertz CT molecular complexity index is 6260. The van der Waals surface area contributed by atoms with E-state index in [-0.39, 0.29) is 104 Å². The van der Waals surface area contributed by atoms with E-state index in [1.165, 1.54) is 5.56 Å². The van der Waals surface area contributed by atoms with E-state index >= 15 is 0 Å². The van der Waals surface area contributed by atoms with Crippen molar-refractivity contribution in [2.45, 2.75) is 291 Å². The number of rotatable bonds is 11. The molecule has 0 spiro atoms. The Morgan fingerprint density at radius 2 is 0.877 bits per heavy atom. The van der Waals surface area contributed by atoms with E-state index in [9.17, 15) is 57.5 Å². The quantitative estimate of drug-likeness (QED) is 0.0558. The molecule has 0 bridgehead atoms. The minimum Gasteiger partial charge on any atom is -0.479 e. The number of carbonyl (C=O) groups is 11. The number of fused-ring (bicyclic) bond motifs is 3. The second-order valence-corrected chi connectivity index (χ2v) is 45.5. The first kappa shape index (κ1) is 112. The molecule has 3 aromatic carbocycles. The molecular weight excluding hydrogens is 1840 g/mol. The highest BCUT2D eigenvalue weighted by Gasteiger charge is 2.47. The summed E-state index contributed by atoms with van der Waals surface area (Å²) in [6, 6.07) is 32.6. The zero-order valence-corrected chi connectivity index (χ0v) is 89.0. The number of benzene rings is 3. The smallest absolute Gasteiger partial charge is 0.340 e. The van der Waals surface area contributed by atoms with E-state index in [1.807, 2.05) is 133 Å². The molecule has 0 saturated carbocycles. The van der Waals surface area contributed by atoms with Crippen LogP contribution in [0.3, 0.4) is 0 Å². The molecule has 13 amide bonds. The number of likely N-dealkylation sites (N-methyl/N-ethyl adjacent to an activating group) is 1. The molecule has 7 saturated heterocycles. The van der Waals surface area contributed by atoms with Gasteiger partial charge in [-0.25, -0.2) is 24.6 Å². The Kier molecular flexibility index (Phi) is 34.6. The molecule has 31 heteroatoms. The number of amides is 13. The van der Waals surface area contributed by atoms with Crippen LogP contribution in [0.1, 0.15) is 315 Å². The average Bonchev–Trinajstić information content (AvgIpc) is 1.59. The van der Waals surface area contributed by atoms with Gasteiger partial charge >= 0.3 is 12.1 Å². The van der Waals surface area contributed by atoms with Crippen LogP contribution in [0.5, 0.6) is 5.75 Å². The molecule has 0 radical (unpaired) electrons. The first-order valence-corrected chi connectivity index (χ1v) is 49.7. The van der Waals surface area contributed by atoms with Gasteiger partial charge in [0.2, 0.25) is 23.6 Å². The van der Waals surface area contributed by atoms with Crippen LogP contribution in [0.4, 0.5) is 21.1 Å². The van der Waals surface area contributed by atoms with Crippen molar-refractivity contribution in [3.63, 3.8) is 0 Å². The number of allylic oxidation sites excluding steroid dienone is 5. The summed E-state index contributed by atoms with van der Waals surface area (Å²) >= 11 is 0. The van der Waals surface area contributed by atoms with Crippen LogP contribution in [0.2, 0.25) is 0 Å². The highest BCUT2D eigenvalue weighted by molar-refractivity contribution is 6.23. The van der Waals surface area contributed by atoms with Crippen LogP contribution in [-0.2, 0) is 68.3 Å². The fraction of sp³-hybridized carbons (Fsp3) is 0.426. The molecule has 5 aromatic heterocycles. The Hall–Kier alpha value is -14.8. The van der Waals surface area contributed by atoms with E-state index in [2.05, 4.69) is 237 Å². The summed E-state index contributed by atoms with van der Waals surface area (Å²) in [7, 11) is 1.94. The standard InChI is InChI=1S/C19H22N2O2.2C17H19N3O3.C16H23N3O.C16H22N2O.C15H21N3O.C15H20N2O2/c1-12-5-8-16(17(22)20-12)21-10-9-13-6-7-14(19(2,3)4)11-15(13)18(21)23;1-10-7-8-19(16(23)18-10)20-14(21)12-6-5-11(17(2,3)4)9-13(12)15(20)22;1-10-8-9-19(16(23)18-10)20-14(21)11-6-5-7-12(17(2,3)4)13(11)15(20)22;1-11-6-8-13(15(20)18-11)19(5)12-7-9-14(17-10-12)16(2,3)4;1-11-5-7-13(15(19)18-11)9-12-6-8-14(17-10-12)16(2,3)4;1-10-5-7-12(14(19)17-10)18-13-8-6-11(9-16-13)15(2,3)4;1-10-5-7-12(14(18)17-10)19-11-6-8-13(16-9-11)15(2,3)4/h6-7,9-11,16H,1,5,8H2,2-4H3,(H,20,22);5-6,9H,1,7-8H2,2-4H3,(H,18,23);5-7H,1,8-9H2,2-4H3,(H,18,23);7,9-10,13H,1,6,8H2,2-5H3,(H,18,20);6,8,10,13H,1,5,7,9H2,2-4H3,(H,18,19);6,8-9,12H,1,5,7H2,2-4H3,(H,16,18)(H,17,19);6,8-9,12H,1,5,7H2,2-4H3,(H,17,18). The molecule has 146 heavy (non-hydrogen) atoms. The van der Waals surface area contributed by atoms with Crippen molar-refractivity contribution in [2.75, 3.05) is 30.4 Å². The van der Waals surface area contributed by atoms with E-state index in [0.29, 0.717) is 76.9 Å². The Labute approximate surface area is 858 Å². The maximum atomic E-state index is 12.9. The average molecular weight is 1990 g/mol. The van der Waals surface area contributed by atoms with Crippen molar-refractivity contribution in [1.82, 2.24) is 81.8 Å². The van der Waals surface area contributed by atoms with Crippen molar-refractivity contribution >= 4 is 87.5 Å². The van der Waals surface area contributed by atoms with Crippen LogP contribution < -0.4 is 57.7 Å². The van der Waals surface area contributed by atoms with Gasteiger partial charge in [-0.15, -0.1) is 0 Å². The van der Waals surface area contributed by atoms with E-state index in [0.717, 1.165) is 156 Å². The van der Waals surface area contributed by atoms with Gasteiger partial charge < -0.3 is 56.7 Å². The lowest BCUT2D eigenvalue weighted by Gasteiger charge is -2.33. The van der Waals surface area contributed by atoms with Crippen LogP contribution >= 0.6 is 0 Å². The van der Waals surface area contributed by atoms with E-state index in [4.69, 9.17) is 4.74 Å². The van der Waals surface area contributed by atoms with Crippen LogP contribution in [0.25, 0.3) is 10.8 Å². The molecule has 0 aliphatic carbocycles. The fourth-order valence-electron chi connectivity index (χ4n) is 17.2. The molecule has 8 aromatic rings. The molecular formula is C115H146N18O13. The highest BCUT2D eigenvalue weighted by atomic mass is 16.5. The van der Waals surface area contributed by atoms with Gasteiger partial charge in [-0.1, -0.05) is 234 Å². The van der Waals surface area contributed by atoms with Gasteiger partial charge in [0.05, 0.1) is 53.4 Å². The first-order chi connectivity index (χ1) is 68.0. The molecule has 14 heterocycles. The van der Waals surface area contributed by atoms with E-state index < -0.39 is 47.8 Å². The minimum absolute atomic E-state index is 0.0124. The summed E-state index contributed by atoms with van der Waals surface area (Å²) in [5, 5.41) is 27.9. The number of nitrogens with zero attached hydrogens (tertiary/aromatic N) is 10. The second kappa shape index (κ2) is 45.2. The lowest BCUT2D eigenvalue weighted by Crippen LogP contribution is -2.56. The monoisotopic (exact) mass is 1990 g/mol. The zero-order chi connectivity index (χ0) is 108. The van der Waals surface area contributed by atoms with E-state index in [1.54, 1.807) is 41.2 Å². The predicted octanol–water partition coefficient (Wildman–Crippen LogP) is 18.8. The number of hydrogen-bond donors (Lipinski definition) is 8. The molecule has 5 unspecified atom stereocenters. The van der Waals surface area contributed by atoms with Gasteiger partial charge in [-0.3, -0.25) is 62.9 Å². The number of anilines is 2. The number of imide groups is 2. The minimum atomic E-state index is -0.508. The molecule has 17 rings (SSSR count). The van der Waals surface area contributed by atoms with Gasteiger partial charge in [0.15, 0.2) is 6.10 Å². The summed E-state index contributed by atoms with van der Waals surface area (Å²) in [5.74, 6) is -0.624. The zero-order valence-electron chi connectivity index (χ0n) is 89.0. The number of ether oxygens (including phenoxy) is 1. The maximum Gasteiger partial charge on any atom is 0.340 e. The van der Waals surface area contributed by atoms with Crippen molar-refractivity contribution in [3.8, 4) is 5.75 Å². The lowest BCUT2D eigenvalue weighted by atomic mass is 9.82. The van der Waals surface area contributed by atoms with Gasteiger partial charge in [0.1, 0.15) is 29.7 Å². The summed E-state index contributed by atoms with van der Waals surface area (Å²) in [5.41, 5.74) is 15.4. The predicted molar refractivity (Wildman–Crippen MR) is 571 cm³/mol. The maximum absolute atomic E-state index is 12.9. The second-order valence-electron chi connectivity index (χ2n) is 45.5. The summed E-state index contributed by atoms with van der Waals surface area (Å²) < 4.78 is 7.22. The van der Waals surface area contributed by atoms with Crippen molar-refractivity contribution in [1.29, 1.82) is 0 Å². The topological polar surface area (TPSA) is 383 Å². The third-order valence-electron chi connectivity index (χ3n) is 26.3. The molecule has 7 fully saturated rings. The lowest BCUT2D eigenvalue weighted by molar-refractivity contribution is -0.129. The molecule has 8 N–H and O–H groups in total. The Morgan fingerprint density at radius 1 is 0.397 bits per heavy atom. The Balaban J connectivity index is 0.000000162. The number of carbonyl (C=O) groups excluding carboxylic acids is 11. The third-order valence-corrected chi connectivity index (χ3v) is 26.3. The summed E-state index contributed by atoms with van der Waals surface area (Å²) in [4.78, 5) is 167. The van der Waals surface area contributed by atoms with Gasteiger partial charge in [0, 0.05) is 123 Å². The number of nitrogens with one attached hydrogen (secondary N) is 8. The number of piperidine rings is 5. The number of hydrogen-bond acceptors (Lipinski definition) is 19. The number of urea groups is 2. The molecule has 9 aliphatic heterocycles. The summed E-state index contributed by atoms with van der Waals surface area (Å²) in [6.07, 6.45) is 18.0. The van der Waals surface area contributed by atoms with Crippen LogP contribution in [0.15, 0.2) is 231 Å². The Morgan fingerprint density at radius 3 is 1.37 bits per heavy atom. The summed E-state index contributed by atoms with van der Waals surface area (Å²) in [6.45, 7) is 70.9. The van der Waals surface area contributed by atoms with Gasteiger partial charge in [-0.05, 0) is 192 Å². The highest BCUT2D eigenvalue weighted by Crippen LogP contribution is 2.38. The number of hydrazine groups is 2. The molecule has 5 atom stereocenters. The molecule has 31 nitrogen and oxygen atoms in total. The number of aromatic nitrogens is 5. The normalized spacial score (nSPS) is 19.3. The largest absolute Gasteiger partial charge is 0.479 e. The first-order valence-electron chi connectivity index (χ1n) is 49.7. The van der Waals surface area contributed by atoms with Crippen molar-refractivity contribution in [3.05, 3.63) is 304 Å². The fourth-order valence-corrected chi connectivity index (χ4v) is 17.2. The third kappa shape index (κ3) is 28.0. The van der Waals surface area contributed by atoms with Crippen LogP contribution in [-0.4, -0.2) is 148 Å².